The van der Waals surface area contributed by atoms with Crippen LogP contribution in [0.5, 0.6) is 0 Å². The molecular weight excluding hydrogens is 445 g/mol. The van der Waals surface area contributed by atoms with Gasteiger partial charge in [0.1, 0.15) is 6.35 Å². The first-order valence-corrected chi connectivity index (χ1v) is 9.32. The Bertz CT molecular complexity index is 652. The average Bonchev–Trinajstić information content (AvgIpc) is 2.56. The smallest absolute Gasteiger partial charge is 0.369 e. The molecule has 0 aliphatic rings. The molecule has 0 radical (unpaired) electrons. The molecule has 0 aromatic heterocycles. The molecule has 0 unspecified atom stereocenters. The maximum Gasteiger partial charge on any atom is 0.379 e. The number of ether oxygens (including phenoxy) is 1. The Morgan fingerprint density at radius 1 is 1.00 bits per heavy atom. The van der Waals surface area contributed by atoms with E-state index in [1.165, 1.54) is 0 Å². The van der Waals surface area contributed by atoms with Gasteiger partial charge >= 0.3 is 31.3 Å². The minimum absolute atomic E-state index is 0.0503. The van der Waals surface area contributed by atoms with Gasteiger partial charge in [0.05, 0.1) is 13.2 Å². The molecule has 0 saturated carbocycles. The molecule has 0 aliphatic carbocycles. The average molecular weight is 463 g/mol. The number of nitrogens with zero attached hydrogens (tertiary/aromatic N) is 1. The maximum atomic E-state index is 13.9. The second-order valence-corrected chi connectivity index (χ2v) is 7.31. The van der Waals surface area contributed by atoms with Crippen LogP contribution in [-0.4, -0.2) is 70.3 Å². The number of hydrogen-bond acceptors (Lipinski definition) is 3. The number of hydrogen-bond donors (Lipinski definition) is 2. The molecular formula is C14H18F8NO5P. The van der Waals surface area contributed by atoms with Crippen LogP contribution in [-0.2, 0) is 14.1 Å². The Morgan fingerprint density at radius 3 is 1.90 bits per heavy atom. The highest BCUT2D eigenvalue weighted by atomic mass is 31.2. The molecule has 0 aromatic rings. The normalized spacial score (nSPS) is 13.9. The molecule has 0 atom stereocenters. The molecule has 0 aliphatic heterocycles. The third-order valence-electron chi connectivity index (χ3n) is 3.36. The van der Waals surface area contributed by atoms with Crippen molar-refractivity contribution in [3.05, 3.63) is 25.3 Å². The van der Waals surface area contributed by atoms with E-state index in [4.69, 9.17) is 9.79 Å². The van der Waals surface area contributed by atoms with E-state index in [2.05, 4.69) is 17.9 Å². The standard InChI is InChI=1S/C14H18F8NO5P/c1-3-6-23(10(24)4-2)8-12(17,18)14(21,22)13(19,20)11(15,16)5-7-28-9-29(25,26)27/h3-4H,1-2,5-9H2,(H2,25,26,27). The number of carbonyl (C=O) groups excluding carboxylic acids is 1. The summed E-state index contributed by atoms with van der Waals surface area (Å²) in [6.07, 6.45) is -2.49. The first kappa shape index (κ1) is 27.5. The molecule has 6 nitrogen and oxygen atoms in total. The van der Waals surface area contributed by atoms with Gasteiger partial charge in [0.2, 0.25) is 5.91 Å². The van der Waals surface area contributed by atoms with Crippen molar-refractivity contribution in [1.29, 1.82) is 0 Å². The van der Waals surface area contributed by atoms with Crippen molar-refractivity contribution >= 4 is 13.5 Å². The summed E-state index contributed by atoms with van der Waals surface area (Å²) in [6, 6.07) is 0. The van der Waals surface area contributed by atoms with E-state index >= 15 is 0 Å². The molecule has 15 heteroatoms. The van der Waals surface area contributed by atoms with Crippen LogP contribution < -0.4 is 0 Å². The minimum atomic E-state index is -6.62. The summed E-state index contributed by atoms with van der Waals surface area (Å²) in [7, 11) is -4.86. The van der Waals surface area contributed by atoms with Gasteiger partial charge in [0, 0.05) is 13.0 Å². The van der Waals surface area contributed by atoms with Gasteiger partial charge in [-0.05, 0) is 6.08 Å². The number of halogens is 8. The van der Waals surface area contributed by atoms with E-state index in [1.54, 1.807) is 0 Å². The van der Waals surface area contributed by atoms with E-state index in [0.29, 0.717) is 6.08 Å². The fraction of sp³-hybridized carbons (Fsp3) is 0.643. The van der Waals surface area contributed by atoms with Crippen molar-refractivity contribution in [2.24, 2.45) is 0 Å². The molecule has 0 aromatic carbocycles. The highest BCUT2D eigenvalue weighted by molar-refractivity contribution is 7.51. The Morgan fingerprint density at radius 2 is 1.48 bits per heavy atom. The van der Waals surface area contributed by atoms with Gasteiger partial charge in [-0.15, -0.1) is 6.58 Å². The number of carbonyl (C=O) groups is 1. The molecule has 0 fully saturated rings. The van der Waals surface area contributed by atoms with Crippen molar-refractivity contribution in [3.8, 4) is 0 Å². The van der Waals surface area contributed by atoms with Crippen molar-refractivity contribution in [1.82, 2.24) is 4.90 Å². The maximum absolute atomic E-state index is 13.9. The van der Waals surface area contributed by atoms with Crippen molar-refractivity contribution < 1.29 is 59.0 Å². The monoisotopic (exact) mass is 463 g/mol. The zero-order valence-corrected chi connectivity index (χ0v) is 15.5. The molecule has 0 rings (SSSR count). The van der Waals surface area contributed by atoms with Gasteiger partial charge < -0.3 is 19.4 Å². The highest BCUT2D eigenvalue weighted by Gasteiger charge is 2.80. The van der Waals surface area contributed by atoms with Crippen molar-refractivity contribution in [3.63, 3.8) is 0 Å². The SMILES string of the molecule is C=CCN(CC(F)(F)C(F)(F)C(F)(F)C(F)(F)CCOCP(=O)(O)O)C(=O)C=C. The largest absolute Gasteiger partial charge is 0.379 e. The lowest BCUT2D eigenvalue weighted by atomic mass is 9.96. The second kappa shape index (κ2) is 9.54. The summed E-state index contributed by atoms with van der Waals surface area (Å²) in [4.78, 5) is 28.2. The van der Waals surface area contributed by atoms with Crippen LogP contribution in [0.2, 0.25) is 0 Å². The number of rotatable bonds is 13. The van der Waals surface area contributed by atoms with Gasteiger partial charge in [-0.2, -0.15) is 35.1 Å². The Hall–Kier alpha value is -1.50. The first-order chi connectivity index (χ1) is 12.9. The minimum Gasteiger partial charge on any atom is -0.369 e. The summed E-state index contributed by atoms with van der Waals surface area (Å²) < 4.78 is 124. The quantitative estimate of drug-likeness (QED) is 0.144. The molecule has 1 amide bonds. The molecule has 0 saturated heterocycles. The molecule has 29 heavy (non-hydrogen) atoms. The van der Waals surface area contributed by atoms with Gasteiger partial charge in [-0.1, -0.05) is 12.7 Å². The Balaban J connectivity index is 5.55. The lowest BCUT2D eigenvalue weighted by Crippen LogP contribution is -2.65. The zero-order valence-electron chi connectivity index (χ0n) is 14.6. The first-order valence-electron chi connectivity index (χ1n) is 7.52. The van der Waals surface area contributed by atoms with Gasteiger partial charge in [-0.3, -0.25) is 9.36 Å². The predicted octanol–water partition coefficient (Wildman–Crippen LogP) is 3.27. The van der Waals surface area contributed by atoms with Gasteiger partial charge in [-0.25, -0.2) is 0 Å². The van der Waals surface area contributed by atoms with E-state index in [9.17, 15) is 44.5 Å². The molecule has 2 N–H and O–H groups in total. The summed E-state index contributed by atoms with van der Waals surface area (Å²) in [6.45, 7) is 1.31. The Labute approximate surface area is 160 Å². The third kappa shape index (κ3) is 6.76. The molecule has 170 valence electrons. The van der Waals surface area contributed by atoms with E-state index in [-0.39, 0.29) is 4.90 Å². The summed E-state index contributed by atoms with van der Waals surface area (Å²) in [5.41, 5.74) is 0. The summed E-state index contributed by atoms with van der Waals surface area (Å²) in [5.74, 6) is -26.1. The fourth-order valence-electron chi connectivity index (χ4n) is 1.86. The van der Waals surface area contributed by atoms with Gasteiger partial charge in [0.15, 0.2) is 0 Å². The Kier molecular flexibility index (Phi) is 9.05. The number of amides is 1. The zero-order chi connectivity index (χ0) is 23.3. The molecule has 0 bridgehead atoms. The number of alkyl halides is 8. The van der Waals surface area contributed by atoms with Crippen LogP contribution in [0.3, 0.4) is 0 Å². The predicted molar refractivity (Wildman–Crippen MR) is 84.2 cm³/mol. The van der Waals surface area contributed by atoms with Crippen LogP contribution in [0, 0.1) is 0 Å². The fourth-order valence-corrected chi connectivity index (χ4v) is 2.22. The van der Waals surface area contributed by atoms with Crippen LogP contribution in [0.15, 0.2) is 25.3 Å². The summed E-state index contributed by atoms with van der Waals surface area (Å²) in [5, 5.41) is 0. The lowest BCUT2D eigenvalue weighted by Gasteiger charge is -2.38. The highest BCUT2D eigenvalue weighted by Crippen LogP contribution is 2.53. The van der Waals surface area contributed by atoms with Crippen LogP contribution in [0.4, 0.5) is 35.1 Å². The van der Waals surface area contributed by atoms with Crippen molar-refractivity contribution in [2.45, 2.75) is 30.1 Å². The van der Waals surface area contributed by atoms with E-state index in [0.717, 1.165) is 6.08 Å². The van der Waals surface area contributed by atoms with Crippen LogP contribution >= 0.6 is 7.60 Å². The van der Waals surface area contributed by atoms with E-state index in [1.807, 2.05) is 0 Å². The lowest BCUT2D eigenvalue weighted by molar-refractivity contribution is -0.368. The second-order valence-electron chi connectivity index (χ2n) is 5.72. The van der Waals surface area contributed by atoms with Crippen molar-refractivity contribution in [2.75, 3.05) is 26.0 Å². The topological polar surface area (TPSA) is 87.1 Å². The van der Waals surface area contributed by atoms with Crippen LogP contribution in [0.1, 0.15) is 6.42 Å². The molecule has 0 heterocycles. The van der Waals surface area contributed by atoms with E-state index < -0.39 is 69.7 Å². The molecule has 0 spiro atoms. The summed E-state index contributed by atoms with van der Waals surface area (Å²) >= 11 is 0. The third-order valence-corrected chi connectivity index (χ3v) is 3.88. The van der Waals surface area contributed by atoms with Gasteiger partial charge in [0.25, 0.3) is 0 Å². The van der Waals surface area contributed by atoms with Crippen LogP contribution in [0.25, 0.3) is 0 Å².